The van der Waals surface area contributed by atoms with E-state index in [-0.39, 0.29) is 11.8 Å². The van der Waals surface area contributed by atoms with Crippen LogP contribution in [0.3, 0.4) is 0 Å². The van der Waals surface area contributed by atoms with Gasteiger partial charge in [0.05, 0.1) is 29.4 Å². The molecule has 0 radical (unpaired) electrons. The third-order valence-electron chi connectivity index (χ3n) is 6.78. The lowest BCUT2D eigenvalue weighted by Crippen LogP contribution is -2.41. The Hall–Kier alpha value is -3.93. The number of nitrogens with zero attached hydrogens (tertiary/aromatic N) is 4. The van der Waals surface area contributed by atoms with E-state index in [4.69, 9.17) is 9.47 Å². The maximum Gasteiger partial charge on any atom is 0.407 e. The molecule has 1 aromatic carbocycles. The molecule has 40 heavy (non-hydrogen) atoms. The van der Waals surface area contributed by atoms with Gasteiger partial charge >= 0.3 is 6.09 Å². The Morgan fingerprint density at radius 1 is 1.25 bits per heavy atom. The molecule has 0 aliphatic heterocycles. The Kier molecular flexibility index (Phi) is 7.79. The molecule has 0 bridgehead atoms. The molecule has 2 amide bonds. The molecule has 1 aliphatic carbocycles. The number of amides is 2. The standard InChI is InChI=1S/C28H35N7O4S/c1-6-38-21-13-19-17(14-32-34-19)11-20(21)33-24-23-18-8-7-16(12-22(18)40-25(23)31-15-30-24)26(36)35(5)10-9-29-27(37)39-28(2,3)4/h11,13-16H,6-10,12H2,1-5H3,(H,29,37)(H,32,34)(H,30,31,33). The summed E-state index contributed by atoms with van der Waals surface area (Å²) in [5, 5.41) is 15.3. The highest BCUT2D eigenvalue weighted by molar-refractivity contribution is 7.19. The Morgan fingerprint density at radius 3 is 2.85 bits per heavy atom. The first-order valence-electron chi connectivity index (χ1n) is 13.5. The average molecular weight is 566 g/mol. The summed E-state index contributed by atoms with van der Waals surface area (Å²) in [5.74, 6) is 1.39. The molecule has 4 aromatic rings. The lowest BCUT2D eigenvalue weighted by Gasteiger charge is -2.27. The van der Waals surface area contributed by atoms with Crippen LogP contribution in [0, 0.1) is 5.92 Å². The predicted molar refractivity (Wildman–Crippen MR) is 155 cm³/mol. The van der Waals surface area contributed by atoms with E-state index in [1.54, 1.807) is 35.8 Å². The number of H-pyrrole nitrogens is 1. The molecule has 0 saturated carbocycles. The van der Waals surface area contributed by atoms with Crippen LogP contribution >= 0.6 is 11.3 Å². The van der Waals surface area contributed by atoms with Crippen LogP contribution in [0.25, 0.3) is 21.1 Å². The summed E-state index contributed by atoms with van der Waals surface area (Å²) in [4.78, 5) is 38.0. The number of anilines is 2. The van der Waals surface area contributed by atoms with E-state index in [2.05, 4.69) is 30.8 Å². The molecule has 0 spiro atoms. The van der Waals surface area contributed by atoms with Crippen molar-refractivity contribution in [3.63, 3.8) is 0 Å². The number of fused-ring (bicyclic) bond motifs is 4. The fourth-order valence-corrected chi connectivity index (χ4v) is 6.22. The van der Waals surface area contributed by atoms with Crippen LogP contribution in [-0.2, 0) is 22.4 Å². The van der Waals surface area contributed by atoms with Crippen LogP contribution < -0.4 is 15.4 Å². The number of hydrogen-bond acceptors (Lipinski definition) is 9. The molecule has 0 fully saturated rings. The number of benzene rings is 1. The average Bonchev–Trinajstić information content (AvgIpc) is 3.51. The van der Waals surface area contributed by atoms with E-state index in [1.165, 1.54) is 10.4 Å². The van der Waals surface area contributed by atoms with E-state index in [1.807, 2.05) is 39.8 Å². The zero-order chi connectivity index (χ0) is 28.4. The van der Waals surface area contributed by atoms with Crippen LogP contribution in [0.15, 0.2) is 24.7 Å². The van der Waals surface area contributed by atoms with E-state index in [0.717, 1.165) is 45.5 Å². The van der Waals surface area contributed by atoms with Gasteiger partial charge in [-0.2, -0.15) is 5.10 Å². The van der Waals surface area contributed by atoms with E-state index in [9.17, 15) is 9.59 Å². The van der Waals surface area contributed by atoms with Gasteiger partial charge in [0.25, 0.3) is 0 Å². The van der Waals surface area contributed by atoms with Crippen molar-refractivity contribution in [3.8, 4) is 5.75 Å². The van der Waals surface area contributed by atoms with Crippen molar-refractivity contribution in [2.75, 3.05) is 32.1 Å². The van der Waals surface area contributed by atoms with Crippen molar-refractivity contribution in [1.29, 1.82) is 0 Å². The summed E-state index contributed by atoms with van der Waals surface area (Å²) in [5.41, 5.74) is 2.34. The van der Waals surface area contributed by atoms with Crippen molar-refractivity contribution in [2.45, 2.75) is 52.6 Å². The van der Waals surface area contributed by atoms with Crippen LogP contribution in [0.2, 0.25) is 0 Å². The van der Waals surface area contributed by atoms with Crippen molar-refractivity contribution in [3.05, 3.63) is 35.1 Å². The normalized spacial score (nSPS) is 15.1. The third kappa shape index (κ3) is 5.96. The quantitative estimate of drug-likeness (QED) is 0.277. The fourth-order valence-electron chi connectivity index (χ4n) is 4.95. The number of aromatic nitrogens is 4. The van der Waals surface area contributed by atoms with Crippen molar-refractivity contribution in [2.24, 2.45) is 5.92 Å². The van der Waals surface area contributed by atoms with Gasteiger partial charge in [-0.15, -0.1) is 11.3 Å². The second-order valence-electron chi connectivity index (χ2n) is 10.9. The highest BCUT2D eigenvalue weighted by atomic mass is 32.1. The van der Waals surface area contributed by atoms with Gasteiger partial charge in [-0.05, 0) is 58.6 Å². The number of aryl methyl sites for hydroxylation is 1. The lowest BCUT2D eigenvalue weighted by molar-refractivity contribution is -0.134. The number of ether oxygens (including phenoxy) is 2. The zero-order valence-corrected chi connectivity index (χ0v) is 24.3. The highest BCUT2D eigenvalue weighted by Gasteiger charge is 2.31. The van der Waals surface area contributed by atoms with Crippen molar-refractivity contribution < 1.29 is 19.1 Å². The number of carbonyl (C=O) groups is 2. The minimum Gasteiger partial charge on any atom is -0.492 e. The number of rotatable bonds is 8. The van der Waals surface area contributed by atoms with Gasteiger partial charge in [-0.1, -0.05) is 0 Å². The second-order valence-corrected chi connectivity index (χ2v) is 12.0. The van der Waals surface area contributed by atoms with Crippen LogP contribution in [0.5, 0.6) is 5.75 Å². The van der Waals surface area contributed by atoms with Gasteiger partial charge in [0.15, 0.2) is 0 Å². The summed E-state index contributed by atoms with van der Waals surface area (Å²) < 4.78 is 11.2. The van der Waals surface area contributed by atoms with Crippen molar-refractivity contribution >= 4 is 56.0 Å². The monoisotopic (exact) mass is 565 g/mol. The number of likely N-dealkylation sites (N-methyl/N-ethyl adjacent to an activating group) is 1. The smallest absolute Gasteiger partial charge is 0.407 e. The van der Waals surface area contributed by atoms with Gasteiger partial charge in [0.2, 0.25) is 5.91 Å². The van der Waals surface area contributed by atoms with Crippen LogP contribution in [-0.4, -0.2) is 69.4 Å². The highest BCUT2D eigenvalue weighted by Crippen LogP contribution is 2.42. The van der Waals surface area contributed by atoms with Gasteiger partial charge in [-0.3, -0.25) is 9.89 Å². The molecule has 11 nitrogen and oxygen atoms in total. The Balaban J connectivity index is 1.30. The molecular formula is C28H35N7O4S. The Morgan fingerprint density at radius 2 is 2.08 bits per heavy atom. The molecule has 12 heteroatoms. The molecule has 212 valence electrons. The summed E-state index contributed by atoms with van der Waals surface area (Å²) in [7, 11) is 1.78. The first-order valence-corrected chi connectivity index (χ1v) is 14.3. The Bertz CT molecular complexity index is 1540. The maximum absolute atomic E-state index is 13.2. The second kappa shape index (κ2) is 11.3. The SMILES string of the molecule is CCOc1cc2[nH]ncc2cc1Nc1ncnc2sc3c(c12)CCC(C(=O)N(C)CCNC(=O)OC(C)(C)C)C3. The zero-order valence-electron chi connectivity index (χ0n) is 23.5. The number of carbonyl (C=O) groups excluding carboxylic acids is 2. The van der Waals surface area contributed by atoms with Crippen molar-refractivity contribution in [1.82, 2.24) is 30.4 Å². The summed E-state index contributed by atoms with van der Waals surface area (Å²) >= 11 is 1.62. The van der Waals surface area contributed by atoms with Gasteiger partial charge in [-0.25, -0.2) is 14.8 Å². The first kappa shape index (κ1) is 27.6. The topological polar surface area (TPSA) is 134 Å². The first-order chi connectivity index (χ1) is 19.1. The fraction of sp³-hybridized carbons (Fsp3) is 0.464. The summed E-state index contributed by atoms with van der Waals surface area (Å²) in [6, 6.07) is 3.93. The van der Waals surface area contributed by atoms with Gasteiger partial charge in [0, 0.05) is 42.4 Å². The van der Waals surface area contributed by atoms with Gasteiger partial charge < -0.3 is 25.0 Å². The van der Waals surface area contributed by atoms with Crippen LogP contribution in [0.4, 0.5) is 16.3 Å². The summed E-state index contributed by atoms with van der Waals surface area (Å²) in [6.07, 6.45) is 5.02. The predicted octanol–water partition coefficient (Wildman–Crippen LogP) is 4.80. The molecule has 3 aromatic heterocycles. The number of aromatic amines is 1. The molecule has 1 atom stereocenters. The minimum absolute atomic E-state index is 0.0771. The van der Waals surface area contributed by atoms with E-state index >= 15 is 0 Å². The third-order valence-corrected chi connectivity index (χ3v) is 7.94. The molecule has 1 unspecified atom stereocenters. The van der Waals surface area contributed by atoms with Crippen LogP contribution in [0.1, 0.15) is 44.6 Å². The molecule has 0 saturated heterocycles. The lowest BCUT2D eigenvalue weighted by atomic mass is 9.87. The number of nitrogens with one attached hydrogen (secondary N) is 3. The summed E-state index contributed by atoms with van der Waals surface area (Å²) in [6.45, 7) is 8.67. The van der Waals surface area contributed by atoms with Gasteiger partial charge in [0.1, 0.15) is 28.3 Å². The number of alkyl carbamates (subject to hydrolysis) is 1. The van der Waals surface area contributed by atoms with E-state index in [0.29, 0.717) is 31.9 Å². The largest absolute Gasteiger partial charge is 0.492 e. The minimum atomic E-state index is -0.561. The molecule has 5 rings (SSSR count). The Labute approximate surface area is 236 Å². The number of thiophene rings is 1. The molecule has 3 N–H and O–H groups in total. The maximum atomic E-state index is 13.2. The molecule has 3 heterocycles. The van der Waals surface area contributed by atoms with E-state index < -0.39 is 11.7 Å². The number of hydrogen-bond donors (Lipinski definition) is 3. The molecule has 1 aliphatic rings. The molecular weight excluding hydrogens is 530 g/mol.